The van der Waals surface area contributed by atoms with Gasteiger partial charge in [-0.25, -0.2) is 4.79 Å². The highest BCUT2D eigenvalue weighted by Crippen LogP contribution is 2.27. The minimum atomic E-state index is -1.04. The van der Waals surface area contributed by atoms with Gasteiger partial charge in [-0.2, -0.15) is 0 Å². The molecule has 0 fully saturated rings. The van der Waals surface area contributed by atoms with Crippen molar-refractivity contribution in [1.82, 2.24) is 0 Å². The number of esters is 1. The van der Waals surface area contributed by atoms with Gasteiger partial charge in [-0.15, -0.1) is 0 Å². The summed E-state index contributed by atoms with van der Waals surface area (Å²) in [5.74, 6) is -1.21. The first-order valence-electron chi connectivity index (χ1n) is 8.27. The Morgan fingerprint density at radius 3 is 2.59 bits per heavy atom. The Hall–Kier alpha value is -2.83. The fraction of sp³-hybridized carbons (Fsp3) is 0.200. The van der Waals surface area contributed by atoms with Crippen LogP contribution in [0.4, 0.5) is 5.69 Å². The average molecular weight is 388 g/mol. The first kappa shape index (κ1) is 18.9. The number of fused-ring (bicyclic) bond motifs is 1. The van der Waals surface area contributed by atoms with Gasteiger partial charge in [0.25, 0.3) is 5.91 Å². The van der Waals surface area contributed by atoms with Gasteiger partial charge in [-0.05, 0) is 25.1 Å². The third-order valence-electron chi connectivity index (χ3n) is 3.96. The maximum absolute atomic E-state index is 12.6. The van der Waals surface area contributed by atoms with E-state index in [1.807, 2.05) is 12.1 Å². The molecule has 0 bridgehead atoms. The van der Waals surface area contributed by atoms with Crippen molar-refractivity contribution in [3.63, 3.8) is 0 Å². The van der Waals surface area contributed by atoms with Crippen molar-refractivity contribution in [2.45, 2.75) is 19.6 Å². The Bertz CT molecular complexity index is 981. The second kappa shape index (κ2) is 8.24. The molecular formula is C20H18ClNO5. The summed E-state index contributed by atoms with van der Waals surface area (Å²) < 4.78 is 16.1. The molecule has 0 spiro atoms. The number of carbonyl (C=O) groups excluding carboxylic acids is 2. The maximum Gasteiger partial charge on any atom is 0.375 e. The Morgan fingerprint density at radius 1 is 1.15 bits per heavy atom. The van der Waals surface area contributed by atoms with Gasteiger partial charge in [0, 0.05) is 18.1 Å². The molecule has 1 amide bonds. The van der Waals surface area contributed by atoms with E-state index < -0.39 is 18.0 Å². The van der Waals surface area contributed by atoms with Crippen LogP contribution < -0.4 is 5.32 Å². The van der Waals surface area contributed by atoms with Crippen LogP contribution in [-0.2, 0) is 20.9 Å². The van der Waals surface area contributed by atoms with E-state index in [0.29, 0.717) is 21.9 Å². The van der Waals surface area contributed by atoms with Crippen molar-refractivity contribution in [2.75, 3.05) is 12.4 Å². The maximum atomic E-state index is 12.6. The van der Waals surface area contributed by atoms with Crippen LogP contribution >= 0.6 is 11.6 Å². The quantitative estimate of drug-likeness (QED) is 0.633. The summed E-state index contributed by atoms with van der Waals surface area (Å²) in [5, 5.41) is 3.79. The Kier molecular flexibility index (Phi) is 5.78. The molecule has 0 aliphatic rings. The molecule has 0 aliphatic heterocycles. The number of methoxy groups -OCH3 is 1. The Labute approximate surface area is 161 Å². The highest BCUT2D eigenvalue weighted by atomic mass is 35.5. The molecule has 1 aromatic heterocycles. The molecule has 1 atom stereocenters. The van der Waals surface area contributed by atoms with Crippen LogP contribution in [-0.4, -0.2) is 25.1 Å². The summed E-state index contributed by atoms with van der Waals surface area (Å²) >= 11 is 6.02. The van der Waals surface area contributed by atoms with Crippen LogP contribution in [0.5, 0.6) is 0 Å². The van der Waals surface area contributed by atoms with Gasteiger partial charge in [0.2, 0.25) is 5.76 Å². The van der Waals surface area contributed by atoms with Crippen LogP contribution in [0.15, 0.2) is 52.9 Å². The number of benzene rings is 2. The van der Waals surface area contributed by atoms with Crippen molar-refractivity contribution in [1.29, 1.82) is 0 Å². The second-order valence-corrected chi connectivity index (χ2v) is 6.26. The summed E-state index contributed by atoms with van der Waals surface area (Å²) in [6.07, 6.45) is -1.04. The van der Waals surface area contributed by atoms with Gasteiger partial charge in [-0.1, -0.05) is 41.9 Å². The third kappa shape index (κ3) is 4.13. The normalized spacial score (nSPS) is 12.0. The van der Waals surface area contributed by atoms with Crippen molar-refractivity contribution >= 4 is 40.1 Å². The molecule has 1 N–H and O–H groups in total. The lowest BCUT2D eigenvalue weighted by Gasteiger charge is -2.14. The fourth-order valence-electron chi connectivity index (χ4n) is 2.62. The monoisotopic (exact) mass is 387 g/mol. The molecule has 0 aliphatic carbocycles. The van der Waals surface area contributed by atoms with Crippen LogP contribution in [0.1, 0.15) is 23.0 Å². The van der Waals surface area contributed by atoms with Crippen molar-refractivity contribution in [3.8, 4) is 0 Å². The van der Waals surface area contributed by atoms with E-state index >= 15 is 0 Å². The summed E-state index contributed by atoms with van der Waals surface area (Å²) in [6, 6.07) is 14.0. The number of carbonyl (C=O) groups is 2. The largest absolute Gasteiger partial charge is 0.449 e. The lowest BCUT2D eigenvalue weighted by molar-refractivity contribution is -0.123. The number of ether oxygens (including phenoxy) is 2. The lowest BCUT2D eigenvalue weighted by Crippen LogP contribution is -2.30. The highest BCUT2D eigenvalue weighted by molar-refractivity contribution is 6.33. The van der Waals surface area contributed by atoms with Gasteiger partial charge in [0.05, 0.1) is 17.3 Å². The number of hydrogen-bond donors (Lipinski definition) is 1. The predicted molar refractivity (Wildman–Crippen MR) is 102 cm³/mol. The zero-order chi connectivity index (χ0) is 19.4. The highest BCUT2D eigenvalue weighted by Gasteiger charge is 2.26. The second-order valence-electron chi connectivity index (χ2n) is 5.86. The molecule has 0 saturated heterocycles. The molecule has 3 aromatic rings. The van der Waals surface area contributed by atoms with E-state index in [9.17, 15) is 9.59 Å². The summed E-state index contributed by atoms with van der Waals surface area (Å²) in [4.78, 5) is 24.9. The van der Waals surface area contributed by atoms with Crippen molar-refractivity contribution < 1.29 is 23.5 Å². The van der Waals surface area contributed by atoms with Crippen molar-refractivity contribution in [2.24, 2.45) is 0 Å². The van der Waals surface area contributed by atoms with Gasteiger partial charge in [-0.3, -0.25) is 4.79 Å². The minimum Gasteiger partial charge on any atom is -0.449 e. The number of nitrogens with one attached hydrogen (secondary N) is 1. The summed E-state index contributed by atoms with van der Waals surface area (Å²) in [6.45, 7) is 1.66. The lowest BCUT2D eigenvalue weighted by atomic mass is 10.1. The number of hydrogen-bond acceptors (Lipinski definition) is 5. The smallest absolute Gasteiger partial charge is 0.375 e. The van der Waals surface area contributed by atoms with E-state index in [-0.39, 0.29) is 12.4 Å². The van der Waals surface area contributed by atoms with Crippen LogP contribution in [0.3, 0.4) is 0 Å². The number of para-hydroxylation sites is 2. The molecule has 27 heavy (non-hydrogen) atoms. The zero-order valence-electron chi connectivity index (χ0n) is 14.8. The topological polar surface area (TPSA) is 77.8 Å². The molecule has 0 radical (unpaired) electrons. The molecule has 2 aromatic carbocycles. The van der Waals surface area contributed by atoms with Crippen LogP contribution in [0.2, 0.25) is 5.02 Å². The SMILES string of the molecule is COCc1c(C(=O)OC(C)C(=O)Nc2ccccc2Cl)oc2ccccc12. The summed E-state index contributed by atoms with van der Waals surface area (Å²) in [7, 11) is 1.52. The molecule has 140 valence electrons. The van der Waals surface area contributed by atoms with Gasteiger partial charge < -0.3 is 19.2 Å². The Balaban J connectivity index is 1.76. The number of rotatable bonds is 6. The number of furan rings is 1. The van der Waals surface area contributed by atoms with E-state index in [2.05, 4.69) is 5.32 Å². The number of halogens is 1. The van der Waals surface area contributed by atoms with Crippen LogP contribution in [0, 0.1) is 0 Å². The van der Waals surface area contributed by atoms with E-state index in [1.54, 1.807) is 36.4 Å². The molecule has 7 heteroatoms. The third-order valence-corrected chi connectivity index (χ3v) is 4.29. The molecule has 0 saturated carbocycles. The first-order valence-corrected chi connectivity index (χ1v) is 8.64. The van der Waals surface area contributed by atoms with Gasteiger partial charge in [0.1, 0.15) is 5.58 Å². The Morgan fingerprint density at radius 2 is 1.85 bits per heavy atom. The molecule has 1 heterocycles. The van der Waals surface area contributed by atoms with Gasteiger partial charge in [0.15, 0.2) is 6.10 Å². The van der Waals surface area contributed by atoms with Crippen molar-refractivity contribution in [3.05, 3.63) is 64.9 Å². The molecule has 1 unspecified atom stereocenters. The molecular weight excluding hydrogens is 370 g/mol. The standard InChI is InChI=1S/C20H18ClNO5/c1-12(19(23)22-16-9-5-4-8-15(16)21)26-20(24)18-14(11-25-2)13-7-3-6-10-17(13)27-18/h3-10,12H,11H2,1-2H3,(H,22,23). The molecule has 6 nitrogen and oxygen atoms in total. The van der Waals surface area contributed by atoms with E-state index in [4.69, 9.17) is 25.5 Å². The first-order chi connectivity index (χ1) is 13.0. The average Bonchev–Trinajstić information content (AvgIpc) is 3.03. The van der Waals surface area contributed by atoms with E-state index in [0.717, 1.165) is 5.39 Å². The molecule has 3 rings (SSSR count). The number of amides is 1. The fourth-order valence-corrected chi connectivity index (χ4v) is 2.80. The zero-order valence-corrected chi connectivity index (χ0v) is 15.6. The van der Waals surface area contributed by atoms with Gasteiger partial charge >= 0.3 is 5.97 Å². The van der Waals surface area contributed by atoms with Crippen LogP contribution in [0.25, 0.3) is 11.0 Å². The summed E-state index contributed by atoms with van der Waals surface area (Å²) in [5.41, 5.74) is 1.57. The van der Waals surface area contributed by atoms with E-state index in [1.165, 1.54) is 14.0 Å². The predicted octanol–water partition coefficient (Wildman–Crippen LogP) is 4.42. The number of anilines is 1. The minimum absolute atomic E-state index is 0.0236.